The molecule has 0 bridgehead atoms. The van der Waals surface area contributed by atoms with E-state index in [2.05, 4.69) is 35.9 Å². The third-order valence-corrected chi connectivity index (χ3v) is 10.2. The Labute approximate surface area is 349 Å². The molecule has 0 saturated heterocycles. The van der Waals surface area contributed by atoms with Crippen molar-refractivity contribution in [2.75, 3.05) is 30.5 Å². The average molecular weight is 886 g/mol. The van der Waals surface area contributed by atoms with Gasteiger partial charge >= 0.3 is 31.9 Å². The maximum atomic E-state index is 13.8. The normalized spacial score (nSPS) is 12.1. The maximum absolute atomic E-state index is 13.8. The number of phosphoric acid groups is 1. The number of aliphatic carboxylic acids is 2. The van der Waals surface area contributed by atoms with Crippen LogP contribution in [0.5, 0.6) is 5.75 Å². The highest BCUT2D eigenvalue weighted by molar-refractivity contribution is 7.48. The average Bonchev–Trinajstić information content (AvgIpc) is 3.22. The van der Waals surface area contributed by atoms with Gasteiger partial charge in [-0.25, -0.2) is 24.1 Å². The fourth-order valence-corrected chi connectivity index (χ4v) is 6.69. The number of hydrogen-bond acceptors (Lipinski definition) is 15. The van der Waals surface area contributed by atoms with Crippen molar-refractivity contribution in [3.8, 4) is 5.75 Å². The summed E-state index contributed by atoms with van der Waals surface area (Å²) in [6.45, 7) is 3.55. The van der Waals surface area contributed by atoms with Gasteiger partial charge in [-0.1, -0.05) is 12.1 Å². The molecule has 0 aliphatic rings. The van der Waals surface area contributed by atoms with Crippen LogP contribution in [0.1, 0.15) is 64.2 Å². The third-order valence-electron chi connectivity index (χ3n) is 8.51. The second-order valence-electron chi connectivity index (χ2n) is 13.0. The number of rotatable bonds is 21. The fourth-order valence-electron chi connectivity index (χ4n) is 5.52. The second kappa shape index (κ2) is 20.7. The number of carboxylic acid groups (broad SMARTS) is 2. The van der Waals surface area contributed by atoms with Crippen molar-refractivity contribution in [3.63, 3.8) is 0 Å². The lowest BCUT2D eigenvalue weighted by Crippen LogP contribution is -2.41. The first-order valence-corrected chi connectivity index (χ1v) is 20.1. The van der Waals surface area contributed by atoms with Crippen LogP contribution in [0, 0.1) is 0 Å². The lowest BCUT2D eigenvalue weighted by molar-refractivity contribution is -0.141. The van der Waals surface area contributed by atoms with Crippen LogP contribution in [0.25, 0.3) is 11.2 Å². The Kier molecular flexibility index (Phi) is 15.5. The number of aromatic amines is 1. The van der Waals surface area contributed by atoms with Gasteiger partial charge in [0, 0.05) is 17.7 Å². The van der Waals surface area contributed by atoms with Crippen molar-refractivity contribution in [1.82, 2.24) is 25.3 Å². The van der Waals surface area contributed by atoms with E-state index < -0.39 is 67.1 Å². The molecule has 5 rings (SSSR count). The van der Waals surface area contributed by atoms with Crippen molar-refractivity contribution in [3.05, 3.63) is 111 Å². The van der Waals surface area contributed by atoms with Crippen molar-refractivity contribution < 1.29 is 65.4 Å². The van der Waals surface area contributed by atoms with Crippen LogP contribution in [0.2, 0.25) is 0 Å². The minimum absolute atomic E-state index is 0.00622. The van der Waals surface area contributed by atoms with Crippen molar-refractivity contribution >= 4 is 60.1 Å². The first-order valence-electron chi connectivity index (χ1n) is 18.6. The maximum Gasteiger partial charge on any atom is 0.474 e. The highest BCUT2D eigenvalue weighted by Crippen LogP contribution is 2.49. The Morgan fingerprint density at radius 3 is 2.24 bits per heavy atom. The van der Waals surface area contributed by atoms with Crippen molar-refractivity contribution in [2.24, 2.45) is 0 Å². The van der Waals surface area contributed by atoms with Gasteiger partial charge < -0.3 is 30.9 Å². The molecule has 0 aliphatic carbocycles. The molecule has 19 nitrogen and oxygen atoms in total. The number of hydrogen-bond donors (Lipinski definition) is 6. The number of benzene rings is 3. The highest BCUT2D eigenvalue weighted by atomic mass is 31.2. The SMILES string of the molecule is CCOP(=O)(OCC)OCCc1ccc(OC(=O)c2ccc(C(F)(F)F)cc2Nc2nc3ncc(CNc4ccc(C(=O)N[C@@H](CCC(=O)O)C(=O)O)cc4)nc3c(=O)[nH]2)cc1. The quantitative estimate of drug-likeness (QED) is 0.0276. The van der Waals surface area contributed by atoms with E-state index in [1.165, 1.54) is 42.6 Å². The molecule has 328 valence electrons. The topological polar surface area (TPSA) is 270 Å². The lowest BCUT2D eigenvalue weighted by atomic mass is 10.1. The number of nitrogens with one attached hydrogen (secondary N) is 4. The molecule has 6 N–H and O–H groups in total. The van der Waals surface area contributed by atoms with Crippen LogP contribution in [0.3, 0.4) is 0 Å². The number of nitrogens with zero attached hydrogens (tertiary/aromatic N) is 3. The Morgan fingerprint density at radius 1 is 0.919 bits per heavy atom. The van der Waals surface area contributed by atoms with Crippen LogP contribution in [0.15, 0.2) is 77.7 Å². The van der Waals surface area contributed by atoms with Gasteiger partial charge in [0.25, 0.3) is 11.5 Å². The Balaban J connectivity index is 1.25. The smallest absolute Gasteiger partial charge is 0.474 e. The van der Waals surface area contributed by atoms with Gasteiger partial charge in [-0.2, -0.15) is 18.2 Å². The zero-order valence-electron chi connectivity index (χ0n) is 32.9. The van der Waals surface area contributed by atoms with E-state index in [0.717, 1.165) is 6.07 Å². The predicted molar refractivity (Wildman–Crippen MR) is 214 cm³/mol. The minimum Gasteiger partial charge on any atom is -0.481 e. The second-order valence-corrected chi connectivity index (χ2v) is 14.6. The summed E-state index contributed by atoms with van der Waals surface area (Å²) in [6, 6.07) is 12.8. The van der Waals surface area contributed by atoms with E-state index in [0.29, 0.717) is 29.8 Å². The first kappa shape index (κ1) is 46.3. The van der Waals surface area contributed by atoms with Crippen molar-refractivity contribution in [2.45, 2.75) is 51.9 Å². The lowest BCUT2D eigenvalue weighted by Gasteiger charge is -2.16. The van der Waals surface area contributed by atoms with Gasteiger partial charge in [0.15, 0.2) is 11.2 Å². The van der Waals surface area contributed by atoms with Gasteiger partial charge in [0.2, 0.25) is 5.95 Å². The van der Waals surface area contributed by atoms with E-state index in [4.69, 9.17) is 23.4 Å². The molecule has 2 heterocycles. The third kappa shape index (κ3) is 12.9. The molecule has 1 amide bonds. The van der Waals surface area contributed by atoms with Gasteiger partial charge in [0.1, 0.15) is 11.8 Å². The minimum atomic E-state index is -4.80. The van der Waals surface area contributed by atoms with Crippen LogP contribution in [-0.2, 0) is 46.9 Å². The Bertz CT molecular complexity index is 2510. The molecule has 0 radical (unpaired) electrons. The summed E-state index contributed by atoms with van der Waals surface area (Å²) < 4.78 is 74.8. The molecule has 5 aromatic rings. The molecule has 0 saturated carbocycles. The summed E-state index contributed by atoms with van der Waals surface area (Å²) in [5.74, 6) is -4.65. The number of carboxylic acids is 2. The molecule has 0 unspecified atom stereocenters. The Hall–Kier alpha value is -6.74. The number of ether oxygens (including phenoxy) is 1. The van der Waals surface area contributed by atoms with Gasteiger partial charge in [-0.3, -0.25) is 32.9 Å². The number of phosphoric ester groups is 1. The monoisotopic (exact) mass is 885 g/mol. The Morgan fingerprint density at radius 2 is 1.61 bits per heavy atom. The van der Waals surface area contributed by atoms with E-state index in [1.54, 1.807) is 26.0 Å². The largest absolute Gasteiger partial charge is 0.481 e. The van der Waals surface area contributed by atoms with Crippen LogP contribution in [0.4, 0.5) is 30.5 Å². The van der Waals surface area contributed by atoms with E-state index in [9.17, 15) is 46.8 Å². The summed E-state index contributed by atoms with van der Waals surface area (Å²) in [7, 11) is -3.71. The molecule has 0 spiro atoms. The van der Waals surface area contributed by atoms with E-state index >= 15 is 0 Å². The summed E-state index contributed by atoms with van der Waals surface area (Å²) >= 11 is 0. The molecular formula is C39H39F3N7O12P. The number of carbonyl (C=O) groups excluding carboxylic acids is 2. The number of esters is 1. The number of fused-ring (bicyclic) bond motifs is 1. The summed E-state index contributed by atoms with van der Waals surface area (Å²) in [5.41, 5.74) is -1.46. The molecule has 1 atom stereocenters. The van der Waals surface area contributed by atoms with Gasteiger partial charge in [0.05, 0.1) is 55.1 Å². The molecule has 23 heteroatoms. The predicted octanol–water partition coefficient (Wildman–Crippen LogP) is 6.09. The highest BCUT2D eigenvalue weighted by Gasteiger charge is 2.32. The number of alkyl halides is 3. The molecule has 0 aliphatic heterocycles. The van der Waals surface area contributed by atoms with Crippen LogP contribution < -0.4 is 26.2 Å². The molecule has 62 heavy (non-hydrogen) atoms. The zero-order valence-corrected chi connectivity index (χ0v) is 33.7. The number of amides is 1. The standard InChI is InChI=1S/C39H39F3N7O12P/c1-3-58-62(57,59-4-2)60-18-17-22-5-12-27(13-6-22)61-37(56)28-14-9-24(39(40,41)42)19-30(28)47-38-48-33-32(35(53)49-38)45-26(21-44-33)20-43-25-10-7-23(8-11-25)34(52)46-29(36(54)55)15-16-31(50)51/h5-14,19,21,29,43H,3-4,15-18,20H2,1-2H3,(H,46,52)(H,50,51)(H,54,55)(H2,44,47,48,49,53)/t29-/m0/s1. The summed E-state index contributed by atoms with van der Waals surface area (Å²) in [5, 5.41) is 26.0. The number of carbonyl (C=O) groups is 4. The molecule has 2 aromatic heterocycles. The van der Waals surface area contributed by atoms with Gasteiger partial charge in [-0.05, 0) is 86.8 Å². The van der Waals surface area contributed by atoms with Crippen LogP contribution in [-0.4, -0.2) is 79.8 Å². The van der Waals surface area contributed by atoms with Gasteiger partial charge in [-0.15, -0.1) is 0 Å². The van der Waals surface area contributed by atoms with E-state index in [1.807, 2.05) is 0 Å². The number of halogens is 3. The zero-order chi connectivity index (χ0) is 45.0. The molecular weight excluding hydrogens is 846 g/mol. The number of anilines is 3. The number of aromatic nitrogens is 4. The molecule has 3 aromatic carbocycles. The summed E-state index contributed by atoms with van der Waals surface area (Å²) in [6.07, 6.45) is -3.97. The number of H-pyrrole nitrogens is 1. The first-order chi connectivity index (χ1) is 29.5. The fraction of sp³-hybridized carbons (Fsp3) is 0.282. The molecule has 0 fully saturated rings. The van der Waals surface area contributed by atoms with Crippen LogP contribution >= 0.6 is 7.82 Å². The van der Waals surface area contributed by atoms with E-state index in [-0.39, 0.29) is 72.5 Å². The summed E-state index contributed by atoms with van der Waals surface area (Å²) in [4.78, 5) is 76.2. The van der Waals surface area contributed by atoms with Crippen molar-refractivity contribution in [1.29, 1.82) is 0 Å².